The molecule has 2 heterocycles. The Morgan fingerprint density at radius 3 is 2.52 bits per heavy atom. The second-order valence-corrected chi connectivity index (χ2v) is 9.69. The van der Waals surface area contributed by atoms with Crippen LogP contribution in [0, 0.1) is 5.82 Å². The van der Waals surface area contributed by atoms with Crippen LogP contribution < -0.4 is 4.90 Å². The third-order valence-corrected chi connectivity index (χ3v) is 7.72. The van der Waals surface area contributed by atoms with Crippen LogP contribution in [0.25, 0.3) is 0 Å². The summed E-state index contributed by atoms with van der Waals surface area (Å²) in [6, 6.07) is 12.2. The summed E-state index contributed by atoms with van der Waals surface area (Å²) < 4.78 is 46.8. The van der Waals surface area contributed by atoms with Crippen molar-refractivity contribution in [1.82, 2.24) is 4.31 Å². The highest BCUT2D eigenvalue weighted by Crippen LogP contribution is 2.32. The van der Waals surface area contributed by atoms with Gasteiger partial charge in [0, 0.05) is 30.4 Å². The van der Waals surface area contributed by atoms with Gasteiger partial charge in [-0.1, -0.05) is 25.5 Å². The first-order chi connectivity index (χ1) is 14.0. The van der Waals surface area contributed by atoms with E-state index in [2.05, 4.69) is 11.8 Å². The Morgan fingerprint density at radius 1 is 1.10 bits per heavy atom. The lowest BCUT2D eigenvalue weighted by Crippen LogP contribution is -2.48. The minimum absolute atomic E-state index is 0.179. The van der Waals surface area contributed by atoms with Crippen LogP contribution in [0.15, 0.2) is 47.4 Å². The zero-order chi connectivity index (χ0) is 20.4. The molecule has 156 valence electrons. The molecule has 29 heavy (non-hydrogen) atoms. The summed E-state index contributed by atoms with van der Waals surface area (Å²) in [5.41, 5.74) is 2.99. The molecule has 0 aromatic heterocycles. The molecule has 0 unspecified atom stereocenters. The average Bonchev–Trinajstić information content (AvgIpc) is 2.74. The summed E-state index contributed by atoms with van der Waals surface area (Å²) in [5, 5.41) is 0. The van der Waals surface area contributed by atoms with E-state index in [0.29, 0.717) is 44.2 Å². The van der Waals surface area contributed by atoms with Crippen molar-refractivity contribution >= 4 is 15.7 Å². The fourth-order valence-corrected chi connectivity index (χ4v) is 5.71. The molecule has 0 spiro atoms. The monoisotopic (exact) mass is 418 g/mol. The van der Waals surface area contributed by atoms with Gasteiger partial charge in [-0.15, -0.1) is 0 Å². The Kier molecular flexibility index (Phi) is 5.90. The van der Waals surface area contributed by atoms with Gasteiger partial charge in [0.1, 0.15) is 12.5 Å². The maximum absolute atomic E-state index is 13.5. The lowest BCUT2D eigenvalue weighted by atomic mass is 10.0. The molecule has 2 aliphatic rings. The van der Waals surface area contributed by atoms with Crippen LogP contribution in [0.5, 0.6) is 0 Å². The summed E-state index contributed by atoms with van der Waals surface area (Å²) in [6.45, 7) is 3.91. The molecule has 2 aromatic rings. The van der Waals surface area contributed by atoms with Gasteiger partial charge in [0.25, 0.3) is 0 Å². The van der Waals surface area contributed by atoms with Gasteiger partial charge in [-0.3, -0.25) is 0 Å². The van der Waals surface area contributed by atoms with E-state index in [9.17, 15) is 12.8 Å². The van der Waals surface area contributed by atoms with Crippen LogP contribution in [0.4, 0.5) is 10.1 Å². The molecule has 0 amide bonds. The minimum Gasteiger partial charge on any atom is -0.356 e. The second kappa shape index (κ2) is 8.42. The van der Waals surface area contributed by atoms with E-state index >= 15 is 0 Å². The number of piperidine rings is 1. The van der Waals surface area contributed by atoms with Crippen molar-refractivity contribution in [2.45, 2.75) is 50.2 Å². The molecule has 2 aromatic carbocycles. The van der Waals surface area contributed by atoms with Crippen molar-refractivity contribution in [2.24, 2.45) is 0 Å². The number of ether oxygens (including phenoxy) is 1. The third kappa shape index (κ3) is 4.17. The number of benzene rings is 2. The number of anilines is 1. The van der Waals surface area contributed by atoms with Crippen molar-refractivity contribution < 1.29 is 17.5 Å². The Bertz CT molecular complexity index is 955. The number of halogens is 1. The number of sulfonamides is 1. The van der Waals surface area contributed by atoms with Gasteiger partial charge in [-0.2, -0.15) is 4.31 Å². The predicted molar refractivity (Wildman–Crippen MR) is 111 cm³/mol. The highest BCUT2D eigenvalue weighted by Gasteiger charge is 2.33. The average molecular weight is 419 g/mol. The first kappa shape index (κ1) is 20.3. The molecular formula is C22H27FN2O3S. The van der Waals surface area contributed by atoms with E-state index in [1.54, 1.807) is 22.5 Å². The molecule has 0 saturated carbocycles. The number of nitrogens with zero attached hydrogens (tertiary/aromatic N) is 2. The summed E-state index contributed by atoms with van der Waals surface area (Å²) >= 11 is 0. The topological polar surface area (TPSA) is 49.9 Å². The molecule has 5 nitrogen and oxygen atoms in total. The van der Waals surface area contributed by atoms with Crippen molar-refractivity contribution in [3.05, 3.63) is 59.4 Å². The molecule has 0 aliphatic carbocycles. The van der Waals surface area contributed by atoms with Crippen molar-refractivity contribution in [3.63, 3.8) is 0 Å². The molecule has 1 fully saturated rings. The standard InChI is InChI=1S/C22H27FN2O3S/c1-2-3-17-4-7-21(8-5-17)29(26,27)24-12-10-20(11-13-24)25-16-28-15-18-14-19(23)6-9-22(18)25/h4-9,14,20H,2-3,10-13,15-16H2,1H3. The maximum Gasteiger partial charge on any atom is 0.243 e. The lowest BCUT2D eigenvalue weighted by molar-refractivity contribution is 0.0985. The predicted octanol–water partition coefficient (Wildman–Crippen LogP) is 3.93. The van der Waals surface area contributed by atoms with Gasteiger partial charge in [0.05, 0.1) is 11.5 Å². The second-order valence-electron chi connectivity index (χ2n) is 7.75. The van der Waals surface area contributed by atoms with Crippen LogP contribution >= 0.6 is 0 Å². The van der Waals surface area contributed by atoms with Crippen LogP contribution in [-0.2, 0) is 27.8 Å². The molecular weight excluding hydrogens is 391 g/mol. The molecule has 2 aliphatic heterocycles. The number of aryl methyl sites for hydroxylation is 1. The smallest absolute Gasteiger partial charge is 0.243 e. The largest absolute Gasteiger partial charge is 0.356 e. The van der Waals surface area contributed by atoms with Gasteiger partial charge in [-0.05, 0) is 55.2 Å². The number of hydrogen-bond acceptors (Lipinski definition) is 4. The fraction of sp³-hybridized carbons (Fsp3) is 0.455. The molecule has 7 heteroatoms. The van der Waals surface area contributed by atoms with Crippen LogP contribution in [0.3, 0.4) is 0 Å². The quantitative estimate of drug-likeness (QED) is 0.738. The van der Waals surface area contributed by atoms with Crippen molar-refractivity contribution in [2.75, 3.05) is 24.7 Å². The Balaban J connectivity index is 1.44. The normalized spacial score (nSPS) is 18.6. The van der Waals surface area contributed by atoms with E-state index in [4.69, 9.17) is 4.74 Å². The highest BCUT2D eigenvalue weighted by atomic mass is 32.2. The summed E-state index contributed by atoms with van der Waals surface area (Å²) in [6.07, 6.45) is 3.42. The number of fused-ring (bicyclic) bond motifs is 1. The summed E-state index contributed by atoms with van der Waals surface area (Å²) in [7, 11) is -3.48. The summed E-state index contributed by atoms with van der Waals surface area (Å²) in [4.78, 5) is 2.50. The number of hydrogen-bond donors (Lipinski definition) is 0. The van der Waals surface area contributed by atoms with Crippen molar-refractivity contribution in [1.29, 1.82) is 0 Å². The third-order valence-electron chi connectivity index (χ3n) is 5.80. The SMILES string of the molecule is CCCc1ccc(S(=O)(=O)N2CCC(N3COCc4cc(F)ccc43)CC2)cc1. The van der Waals surface area contributed by atoms with E-state index in [1.165, 1.54) is 12.1 Å². The maximum atomic E-state index is 13.5. The Labute approximate surface area is 172 Å². The molecule has 0 N–H and O–H groups in total. The Hall–Kier alpha value is -1.96. The Morgan fingerprint density at radius 2 is 1.83 bits per heavy atom. The minimum atomic E-state index is -3.48. The van der Waals surface area contributed by atoms with Gasteiger partial charge < -0.3 is 9.64 Å². The lowest BCUT2D eigenvalue weighted by Gasteiger charge is -2.41. The van der Waals surface area contributed by atoms with Gasteiger partial charge in [0.15, 0.2) is 0 Å². The van der Waals surface area contributed by atoms with Crippen molar-refractivity contribution in [3.8, 4) is 0 Å². The first-order valence-corrected chi connectivity index (χ1v) is 11.6. The molecule has 0 bridgehead atoms. The van der Waals surface area contributed by atoms with Gasteiger partial charge in [-0.25, -0.2) is 12.8 Å². The van der Waals surface area contributed by atoms with E-state index in [1.807, 2.05) is 12.1 Å². The zero-order valence-electron chi connectivity index (χ0n) is 16.7. The molecule has 0 radical (unpaired) electrons. The molecule has 4 rings (SSSR count). The van der Waals surface area contributed by atoms with E-state index in [-0.39, 0.29) is 11.9 Å². The highest BCUT2D eigenvalue weighted by molar-refractivity contribution is 7.89. The molecule has 1 saturated heterocycles. The zero-order valence-corrected chi connectivity index (χ0v) is 17.5. The van der Waals surface area contributed by atoms with Crippen LogP contribution in [0.2, 0.25) is 0 Å². The van der Waals surface area contributed by atoms with Crippen LogP contribution in [-0.4, -0.2) is 38.6 Å². The molecule has 0 atom stereocenters. The van der Waals surface area contributed by atoms with Gasteiger partial charge >= 0.3 is 0 Å². The fourth-order valence-electron chi connectivity index (χ4n) is 4.24. The number of rotatable bonds is 5. The van der Waals surface area contributed by atoms with E-state index < -0.39 is 10.0 Å². The first-order valence-electron chi connectivity index (χ1n) is 10.2. The van der Waals surface area contributed by atoms with Crippen LogP contribution in [0.1, 0.15) is 37.3 Å². The van der Waals surface area contributed by atoms with E-state index in [0.717, 1.165) is 29.7 Å². The summed E-state index contributed by atoms with van der Waals surface area (Å²) in [5.74, 6) is -0.264. The van der Waals surface area contributed by atoms with Gasteiger partial charge in [0.2, 0.25) is 10.0 Å².